The Bertz CT molecular complexity index is 434. The Labute approximate surface area is 82.9 Å². The van der Waals surface area contributed by atoms with Gasteiger partial charge in [-0.1, -0.05) is 11.6 Å². The minimum absolute atomic E-state index is 0.153. The molecule has 0 aliphatic carbocycles. The molecular weight excluding hydrogens is 210 g/mol. The maximum absolute atomic E-state index is 5.75. The van der Waals surface area contributed by atoms with Crippen molar-refractivity contribution in [2.24, 2.45) is 0 Å². The van der Waals surface area contributed by atoms with E-state index >= 15 is 0 Å². The summed E-state index contributed by atoms with van der Waals surface area (Å²) < 4.78 is 2.11. The first kappa shape index (κ1) is 8.33. The Kier molecular flexibility index (Phi) is 1.86. The lowest BCUT2D eigenvalue weighted by molar-refractivity contribution is 0.900. The van der Waals surface area contributed by atoms with Gasteiger partial charge in [-0.05, 0) is 6.07 Å². The van der Waals surface area contributed by atoms with Crippen LogP contribution in [0.15, 0.2) is 11.4 Å². The fraction of sp³-hybridized carbons (Fsp3) is 0. The molecule has 0 unspecified atom stereocenters. The van der Waals surface area contributed by atoms with Gasteiger partial charge in [-0.15, -0.1) is 16.4 Å². The SMILES string of the molecule is Nc1nc(N)n(-c2csc(Cl)c2)n1. The van der Waals surface area contributed by atoms with Crippen LogP contribution in [-0.2, 0) is 0 Å². The number of nitrogens with two attached hydrogens (primary N) is 2. The molecule has 0 aromatic carbocycles. The monoisotopic (exact) mass is 215 g/mol. The highest BCUT2D eigenvalue weighted by atomic mass is 35.5. The number of hydrogen-bond acceptors (Lipinski definition) is 5. The van der Waals surface area contributed by atoms with Crippen LogP contribution in [0.25, 0.3) is 5.69 Å². The van der Waals surface area contributed by atoms with Gasteiger partial charge in [0.05, 0.1) is 10.0 Å². The number of rotatable bonds is 1. The first-order chi connectivity index (χ1) is 6.16. The van der Waals surface area contributed by atoms with Crippen LogP contribution in [0, 0.1) is 0 Å². The molecule has 0 aliphatic rings. The summed E-state index contributed by atoms with van der Waals surface area (Å²) >= 11 is 7.15. The largest absolute Gasteiger partial charge is 0.368 e. The van der Waals surface area contributed by atoms with Crippen molar-refractivity contribution < 1.29 is 0 Å². The molecule has 2 heterocycles. The van der Waals surface area contributed by atoms with Crippen molar-refractivity contribution in [2.45, 2.75) is 0 Å². The standard InChI is InChI=1S/C6H6ClN5S/c7-4-1-3(2-13-4)12-6(9)10-5(8)11-12/h1-2H,(H4,8,9,10,11). The number of halogens is 1. The van der Waals surface area contributed by atoms with Crippen molar-refractivity contribution in [1.82, 2.24) is 14.8 Å². The zero-order valence-corrected chi connectivity index (χ0v) is 8.01. The second kappa shape index (κ2) is 2.90. The zero-order chi connectivity index (χ0) is 9.42. The average Bonchev–Trinajstić information content (AvgIpc) is 2.58. The Morgan fingerprint density at radius 2 is 2.23 bits per heavy atom. The minimum Gasteiger partial charge on any atom is -0.368 e. The topological polar surface area (TPSA) is 82.7 Å². The highest BCUT2D eigenvalue weighted by Crippen LogP contribution is 2.23. The molecule has 2 rings (SSSR count). The first-order valence-electron chi connectivity index (χ1n) is 3.39. The highest BCUT2D eigenvalue weighted by molar-refractivity contribution is 7.14. The summed E-state index contributed by atoms with van der Waals surface area (Å²) in [5.41, 5.74) is 11.7. The maximum Gasteiger partial charge on any atom is 0.241 e. The van der Waals surface area contributed by atoms with Crippen molar-refractivity contribution in [2.75, 3.05) is 11.5 Å². The van der Waals surface area contributed by atoms with Crippen molar-refractivity contribution >= 4 is 34.8 Å². The van der Waals surface area contributed by atoms with Crippen molar-refractivity contribution in [3.05, 3.63) is 15.8 Å². The van der Waals surface area contributed by atoms with Crippen LogP contribution in [0.3, 0.4) is 0 Å². The number of thiophene rings is 1. The van der Waals surface area contributed by atoms with Crippen LogP contribution in [0.5, 0.6) is 0 Å². The number of nitrogens with zero attached hydrogens (tertiary/aromatic N) is 3. The Morgan fingerprint density at radius 1 is 1.46 bits per heavy atom. The molecule has 68 valence electrons. The van der Waals surface area contributed by atoms with Gasteiger partial charge < -0.3 is 11.5 Å². The van der Waals surface area contributed by atoms with Gasteiger partial charge in [-0.3, -0.25) is 0 Å². The van der Waals surface area contributed by atoms with Crippen LogP contribution < -0.4 is 11.5 Å². The second-order valence-electron chi connectivity index (χ2n) is 2.35. The number of anilines is 2. The normalized spacial score (nSPS) is 10.5. The van der Waals surface area contributed by atoms with Crippen LogP contribution in [0.1, 0.15) is 0 Å². The molecule has 4 N–H and O–H groups in total. The predicted octanol–water partition coefficient (Wildman–Crippen LogP) is 1.15. The Hall–Kier alpha value is -1.27. The van der Waals surface area contributed by atoms with Gasteiger partial charge in [0, 0.05) is 5.38 Å². The van der Waals surface area contributed by atoms with E-state index in [2.05, 4.69) is 10.1 Å². The van der Waals surface area contributed by atoms with E-state index < -0.39 is 0 Å². The van der Waals surface area contributed by atoms with Crippen LogP contribution >= 0.6 is 22.9 Å². The van der Waals surface area contributed by atoms with Gasteiger partial charge in [0.15, 0.2) is 0 Å². The molecule has 0 spiro atoms. The zero-order valence-electron chi connectivity index (χ0n) is 6.44. The summed E-state index contributed by atoms with van der Waals surface area (Å²) in [4.78, 5) is 3.77. The molecule has 5 nitrogen and oxygen atoms in total. The average molecular weight is 216 g/mol. The number of hydrogen-bond donors (Lipinski definition) is 2. The number of aromatic nitrogens is 3. The van der Waals surface area contributed by atoms with Gasteiger partial charge in [0.2, 0.25) is 11.9 Å². The summed E-state index contributed by atoms with van der Waals surface area (Å²) in [6.07, 6.45) is 0. The lowest BCUT2D eigenvalue weighted by atomic mass is 10.5. The Balaban J connectivity index is 2.51. The van der Waals surface area contributed by atoms with E-state index in [1.165, 1.54) is 16.0 Å². The third-order valence-electron chi connectivity index (χ3n) is 1.45. The van der Waals surface area contributed by atoms with Gasteiger partial charge >= 0.3 is 0 Å². The molecule has 0 bridgehead atoms. The molecule has 0 amide bonds. The summed E-state index contributed by atoms with van der Waals surface area (Å²) in [6.45, 7) is 0. The van der Waals surface area contributed by atoms with E-state index in [0.29, 0.717) is 4.34 Å². The second-order valence-corrected chi connectivity index (χ2v) is 3.89. The van der Waals surface area contributed by atoms with E-state index in [-0.39, 0.29) is 11.9 Å². The fourth-order valence-electron chi connectivity index (χ4n) is 0.943. The number of nitrogen functional groups attached to an aromatic ring is 2. The quantitative estimate of drug-likeness (QED) is 0.748. The molecular formula is C6H6ClN5S. The molecule has 0 aliphatic heterocycles. The van der Waals surface area contributed by atoms with E-state index in [4.69, 9.17) is 23.1 Å². The van der Waals surface area contributed by atoms with Gasteiger partial charge in [-0.2, -0.15) is 9.67 Å². The van der Waals surface area contributed by atoms with Crippen LogP contribution in [0.2, 0.25) is 4.34 Å². The molecule has 0 atom stereocenters. The highest BCUT2D eigenvalue weighted by Gasteiger charge is 2.07. The van der Waals surface area contributed by atoms with E-state index in [0.717, 1.165) is 5.69 Å². The van der Waals surface area contributed by atoms with Gasteiger partial charge in [0.1, 0.15) is 0 Å². The molecule has 0 radical (unpaired) electrons. The Morgan fingerprint density at radius 3 is 2.69 bits per heavy atom. The van der Waals surface area contributed by atoms with Crippen LogP contribution in [-0.4, -0.2) is 14.8 Å². The molecule has 0 saturated heterocycles. The molecule has 2 aromatic rings. The van der Waals surface area contributed by atoms with Crippen molar-refractivity contribution in [3.8, 4) is 5.69 Å². The van der Waals surface area contributed by atoms with Gasteiger partial charge in [0.25, 0.3) is 0 Å². The molecule has 2 aromatic heterocycles. The molecule has 0 fully saturated rings. The predicted molar refractivity (Wildman–Crippen MR) is 53.1 cm³/mol. The smallest absolute Gasteiger partial charge is 0.241 e. The van der Waals surface area contributed by atoms with E-state index in [9.17, 15) is 0 Å². The molecule has 13 heavy (non-hydrogen) atoms. The lowest BCUT2D eigenvalue weighted by Gasteiger charge is -1.95. The maximum atomic E-state index is 5.75. The lowest BCUT2D eigenvalue weighted by Crippen LogP contribution is -2.00. The first-order valence-corrected chi connectivity index (χ1v) is 4.65. The molecule has 7 heteroatoms. The van der Waals surface area contributed by atoms with Gasteiger partial charge in [-0.25, -0.2) is 0 Å². The third kappa shape index (κ3) is 1.45. The minimum atomic E-state index is 0.153. The van der Waals surface area contributed by atoms with E-state index in [1.54, 1.807) is 6.07 Å². The van der Waals surface area contributed by atoms with Crippen LogP contribution in [0.4, 0.5) is 11.9 Å². The summed E-state index contributed by atoms with van der Waals surface area (Å²) in [7, 11) is 0. The van der Waals surface area contributed by atoms with Crippen molar-refractivity contribution in [3.63, 3.8) is 0 Å². The van der Waals surface area contributed by atoms with E-state index in [1.807, 2.05) is 5.38 Å². The third-order valence-corrected chi connectivity index (χ3v) is 2.53. The van der Waals surface area contributed by atoms with Crippen molar-refractivity contribution in [1.29, 1.82) is 0 Å². The summed E-state index contributed by atoms with van der Waals surface area (Å²) in [5, 5.41) is 5.73. The summed E-state index contributed by atoms with van der Waals surface area (Å²) in [5.74, 6) is 0.409. The fourth-order valence-corrected chi connectivity index (χ4v) is 1.78. The summed E-state index contributed by atoms with van der Waals surface area (Å²) in [6, 6.07) is 1.75. The molecule has 0 saturated carbocycles.